The van der Waals surface area contributed by atoms with Gasteiger partial charge in [0, 0.05) is 18.3 Å². The van der Waals surface area contributed by atoms with E-state index in [0.717, 1.165) is 24.4 Å². The molecule has 0 atom stereocenters. The van der Waals surface area contributed by atoms with Crippen molar-refractivity contribution in [1.29, 1.82) is 0 Å². The highest BCUT2D eigenvalue weighted by atomic mass is 79.9. The number of aromatic nitrogens is 2. The van der Waals surface area contributed by atoms with Crippen LogP contribution in [0, 0.1) is 15.9 Å². The molecule has 1 aromatic heterocycles. The third-order valence-electron chi connectivity index (χ3n) is 2.25. The summed E-state index contributed by atoms with van der Waals surface area (Å²) < 4.78 is 18.3. The Morgan fingerprint density at radius 2 is 2.19 bits per heavy atom. The normalized spacial score (nSPS) is 10.2. The Hall–Kier alpha value is -2.62. The highest BCUT2D eigenvalue weighted by Crippen LogP contribution is 2.34. The van der Waals surface area contributed by atoms with Gasteiger partial charge in [-0.05, 0) is 22.0 Å². The monoisotopic (exact) mass is 357 g/mol. The molecular formula is C11H5BrFN3O5. The lowest BCUT2D eigenvalue weighted by Gasteiger charge is -2.06. The van der Waals surface area contributed by atoms with Gasteiger partial charge in [0.2, 0.25) is 5.75 Å². The number of hydrogen-bond donors (Lipinski definition) is 1. The fraction of sp³-hybridized carbons (Fsp3) is 0. The molecule has 0 fully saturated rings. The molecule has 0 radical (unpaired) electrons. The molecule has 0 aliphatic rings. The van der Waals surface area contributed by atoms with E-state index >= 15 is 0 Å². The molecule has 0 saturated carbocycles. The van der Waals surface area contributed by atoms with Crippen LogP contribution in [0.25, 0.3) is 0 Å². The van der Waals surface area contributed by atoms with Gasteiger partial charge in [0.1, 0.15) is 5.82 Å². The van der Waals surface area contributed by atoms with Crippen molar-refractivity contribution in [2.24, 2.45) is 0 Å². The number of nitro groups is 1. The first-order valence-corrected chi connectivity index (χ1v) is 6.05. The van der Waals surface area contributed by atoms with Crippen LogP contribution >= 0.6 is 15.9 Å². The van der Waals surface area contributed by atoms with E-state index < -0.39 is 34.2 Å². The molecular weight excluding hydrogens is 353 g/mol. The minimum Gasteiger partial charge on any atom is -0.477 e. The van der Waals surface area contributed by atoms with E-state index in [2.05, 4.69) is 25.9 Å². The van der Waals surface area contributed by atoms with Gasteiger partial charge in [0.05, 0.1) is 9.40 Å². The molecule has 0 spiro atoms. The first-order valence-electron chi connectivity index (χ1n) is 5.26. The number of carboxylic acid groups (broad SMARTS) is 1. The maximum atomic E-state index is 13.4. The Balaban J connectivity index is 2.43. The van der Waals surface area contributed by atoms with Crippen molar-refractivity contribution in [2.45, 2.75) is 0 Å². The molecule has 10 heteroatoms. The zero-order valence-corrected chi connectivity index (χ0v) is 11.6. The smallest absolute Gasteiger partial charge is 0.354 e. The van der Waals surface area contributed by atoms with Crippen molar-refractivity contribution in [3.05, 3.63) is 50.5 Å². The second-order valence-corrected chi connectivity index (χ2v) is 4.48. The van der Waals surface area contributed by atoms with Crippen molar-refractivity contribution < 1.29 is 24.0 Å². The third-order valence-corrected chi connectivity index (χ3v) is 2.86. The van der Waals surface area contributed by atoms with Crippen molar-refractivity contribution in [2.75, 3.05) is 0 Å². The van der Waals surface area contributed by atoms with Crippen LogP contribution in [-0.4, -0.2) is 26.0 Å². The summed E-state index contributed by atoms with van der Waals surface area (Å²) in [5.41, 5.74) is -0.882. The van der Waals surface area contributed by atoms with Crippen LogP contribution < -0.4 is 4.74 Å². The molecule has 1 heterocycles. The van der Waals surface area contributed by atoms with E-state index in [1.807, 2.05) is 0 Å². The number of benzene rings is 1. The van der Waals surface area contributed by atoms with Gasteiger partial charge in [0.15, 0.2) is 5.69 Å². The number of ether oxygens (including phenoxy) is 1. The third kappa shape index (κ3) is 3.28. The molecule has 1 aromatic carbocycles. The van der Waals surface area contributed by atoms with E-state index in [4.69, 9.17) is 9.84 Å². The summed E-state index contributed by atoms with van der Waals surface area (Å²) in [4.78, 5) is 28.0. The summed E-state index contributed by atoms with van der Waals surface area (Å²) >= 11 is 2.82. The average Bonchev–Trinajstić information content (AvgIpc) is 2.42. The van der Waals surface area contributed by atoms with Crippen LogP contribution in [0.3, 0.4) is 0 Å². The number of aromatic carboxylic acids is 1. The van der Waals surface area contributed by atoms with Gasteiger partial charge >= 0.3 is 17.7 Å². The van der Waals surface area contributed by atoms with Gasteiger partial charge in [-0.2, -0.15) is 4.98 Å². The van der Waals surface area contributed by atoms with E-state index in [0.29, 0.717) is 0 Å². The van der Waals surface area contributed by atoms with E-state index in [1.54, 1.807) is 0 Å². The molecule has 0 unspecified atom stereocenters. The summed E-state index contributed by atoms with van der Waals surface area (Å²) in [6, 6.07) is 2.37. The topological polar surface area (TPSA) is 115 Å². The molecule has 108 valence electrons. The first-order chi connectivity index (χ1) is 9.88. The highest BCUT2D eigenvalue weighted by molar-refractivity contribution is 9.10. The molecule has 0 saturated heterocycles. The van der Waals surface area contributed by atoms with Crippen molar-refractivity contribution in [3.63, 3.8) is 0 Å². The van der Waals surface area contributed by atoms with Crippen LogP contribution in [0.5, 0.6) is 11.8 Å². The number of nitrogens with zero attached hydrogens (tertiary/aromatic N) is 3. The number of carboxylic acids is 1. The SMILES string of the molecule is O=C(O)c1ccnc(Oc2cc(F)c(Br)cc2[N+](=O)[O-])n1. The maximum absolute atomic E-state index is 13.4. The van der Waals surface area contributed by atoms with E-state index in [1.165, 1.54) is 0 Å². The van der Waals surface area contributed by atoms with Gasteiger partial charge in [-0.25, -0.2) is 14.2 Å². The summed E-state index contributed by atoms with van der Waals surface area (Å²) in [7, 11) is 0. The van der Waals surface area contributed by atoms with Crippen LogP contribution in [0.1, 0.15) is 10.5 Å². The molecule has 0 amide bonds. The Bertz CT molecular complexity index is 740. The lowest BCUT2D eigenvalue weighted by Crippen LogP contribution is -2.03. The zero-order chi connectivity index (χ0) is 15.6. The zero-order valence-electron chi connectivity index (χ0n) is 9.99. The Morgan fingerprint density at radius 3 is 2.81 bits per heavy atom. The number of rotatable bonds is 4. The predicted octanol–water partition coefficient (Wildman–Crippen LogP) is 2.78. The Kier molecular flexibility index (Phi) is 4.08. The van der Waals surface area contributed by atoms with Gasteiger partial charge in [-0.1, -0.05) is 0 Å². The number of halogens is 2. The summed E-state index contributed by atoms with van der Waals surface area (Å²) in [5, 5.41) is 19.7. The summed E-state index contributed by atoms with van der Waals surface area (Å²) in [6.45, 7) is 0. The maximum Gasteiger partial charge on any atom is 0.354 e. The standard InChI is InChI=1S/C11H5BrFN3O5/c12-5-3-8(16(19)20)9(4-6(5)13)21-11-14-2-1-7(15-11)10(17)18/h1-4H,(H,17,18). The second kappa shape index (κ2) is 5.79. The van der Waals surface area contributed by atoms with Crippen molar-refractivity contribution in [3.8, 4) is 11.8 Å². The largest absolute Gasteiger partial charge is 0.477 e. The lowest BCUT2D eigenvalue weighted by molar-refractivity contribution is -0.385. The second-order valence-electron chi connectivity index (χ2n) is 3.62. The first kappa shape index (κ1) is 14.8. The van der Waals surface area contributed by atoms with Gasteiger partial charge in [0.25, 0.3) is 0 Å². The summed E-state index contributed by atoms with van der Waals surface area (Å²) in [5.74, 6) is -2.55. The molecule has 2 aromatic rings. The highest BCUT2D eigenvalue weighted by Gasteiger charge is 2.21. The van der Waals surface area contributed by atoms with Crippen LogP contribution in [0.2, 0.25) is 0 Å². The minimum absolute atomic E-state index is 0.109. The quantitative estimate of drug-likeness (QED) is 0.660. The van der Waals surface area contributed by atoms with Crippen molar-refractivity contribution >= 4 is 27.6 Å². The Labute approximate surface area is 124 Å². The molecule has 8 nitrogen and oxygen atoms in total. The van der Waals surface area contributed by atoms with Gasteiger partial charge in [-0.3, -0.25) is 10.1 Å². The van der Waals surface area contributed by atoms with Crippen molar-refractivity contribution in [1.82, 2.24) is 9.97 Å². The van der Waals surface area contributed by atoms with Gasteiger partial charge < -0.3 is 9.84 Å². The number of hydrogen-bond acceptors (Lipinski definition) is 6. The predicted molar refractivity (Wildman–Crippen MR) is 69.8 cm³/mol. The summed E-state index contributed by atoms with van der Waals surface area (Å²) in [6.07, 6.45) is 1.10. The molecule has 0 aliphatic carbocycles. The fourth-order valence-corrected chi connectivity index (χ4v) is 1.68. The lowest BCUT2D eigenvalue weighted by atomic mass is 10.3. The van der Waals surface area contributed by atoms with Crippen LogP contribution in [0.15, 0.2) is 28.9 Å². The number of nitro benzene ring substituents is 1. The fourth-order valence-electron chi connectivity index (χ4n) is 1.35. The molecule has 2 rings (SSSR count). The molecule has 0 aliphatic heterocycles. The average molecular weight is 358 g/mol. The van der Waals surface area contributed by atoms with Crippen LogP contribution in [-0.2, 0) is 0 Å². The molecule has 1 N–H and O–H groups in total. The van der Waals surface area contributed by atoms with E-state index in [-0.39, 0.29) is 10.2 Å². The van der Waals surface area contributed by atoms with Gasteiger partial charge in [-0.15, -0.1) is 0 Å². The van der Waals surface area contributed by atoms with E-state index in [9.17, 15) is 19.3 Å². The molecule has 0 bridgehead atoms. The molecule has 21 heavy (non-hydrogen) atoms. The Morgan fingerprint density at radius 1 is 1.48 bits per heavy atom. The minimum atomic E-state index is -1.32. The number of carbonyl (C=O) groups is 1. The van der Waals surface area contributed by atoms with Crippen LogP contribution in [0.4, 0.5) is 10.1 Å².